The Labute approximate surface area is 150 Å². The Balaban J connectivity index is 1.56. The standard InChI is InChI=1S/C19H19N3O4/c1-26-17-10-12(2-9-16(17)23)11-20-22-19(25)14-5-7-15(8-6-14)21-18(24)13-3-4-13/h2,5-11,13,23H,3-4H2,1H3,(H,21,24)(H,22,25)/b20-11+. The Bertz CT molecular complexity index is 842. The molecule has 1 saturated carbocycles. The number of aromatic hydroxyl groups is 1. The van der Waals surface area contributed by atoms with Crippen LogP contribution in [0.3, 0.4) is 0 Å². The average molecular weight is 353 g/mol. The van der Waals surface area contributed by atoms with Crippen molar-refractivity contribution in [2.24, 2.45) is 11.0 Å². The molecule has 0 heterocycles. The molecule has 0 aromatic heterocycles. The molecule has 1 aliphatic rings. The Kier molecular flexibility index (Phi) is 5.17. The zero-order chi connectivity index (χ0) is 18.5. The first-order valence-corrected chi connectivity index (χ1v) is 8.18. The van der Waals surface area contributed by atoms with Gasteiger partial charge in [-0.25, -0.2) is 5.43 Å². The average Bonchev–Trinajstić information content (AvgIpc) is 3.49. The Morgan fingerprint density at radius 2 is 1.92 bits per heavy atom. The maximum absolute atomic E-state index is 12.1. The number of ether oxygens (including phenoxy) is 1. The molecule has 134 valence electrons. The van der Waals surface area contributed by atoms with E-state index in [2.05, 4.69) is 15.8 Å². The summed E-state index contributed by atoms with van der Waals surface area (Å²) in [5.41, 5.74) is 4.18. The zero-order valence-corrected chi connectivity index (χ0v) is 14.2. The number of hydrogen-bond donors (Lipinski definition) is 3. The van der Waals surface area contributed by atoms with Crippen molar-refractivity contribution in [1.82, 2.24) is 5.43 Å². The molecule has 2 aromatic carbocycles. The number of phenols is 1. The van der Waals surface area contributed by atoms with Crippen molar-refractivity contribution >= 4 is 23.7 Å². The van der Waals surface area contributed by atoms with E-state index in [1.807, 2.05) is 0 Å². The van der Waals surface area contributed by atoms with Gasteiger partial charge in [0.2, 0.25) is 5.91 Å². The van der Waals surface area contributed by atoms with Crippen LogP contribution in [0.2, 0.25) is 0 Å². The lowest BCUT2D eigenvalue weighted by Crippen LogP contribution is -2.18. The normalized spacial score (nSPS) is 13.4. The van der Waals surface area contributed by atoms with Crippen molar-refractivity contribution < 1.29 is 19.4 Å². The van der Waals surface area contributed by atoms with Gasteiger partial charge in [-0.2, -0.15) is 5.10 Å². The molecule has 0 bridgehead atoms. The summed E-state index contributed by atoms with van der Waals surface area (Å²) >= 11 is 0. The smallest absolute Gasteiger partial charge is 0.271 e. The highest BCUT2D eigenvalue weighted by Crippen LogP contribution is 2.30. The fraction of sp³-hybridized carbons (Fsp3) is 0.211. The Morgan fingerprint density at radius 3 is 2.58 bits per heavy atom. The van der Waals surface area contributed by atoms with E-state index in [0.717, 1.165) is 12.8 Å². The van der Waals surface area contributed by atoms with Crippen molar-refractivity contribution in [3.05, 3.63) is 53.6 Å². The van der Waals surface area contributed by atoms with Crippen molar-refractivity contribution in [3.63, 3.8) is 0 Å². The minimum Gasteiger partial charge on any atom is -0.504 e. The SMILES string of the molecule is COc1cc(/C=N/NC(=O)c2ccc(NC(=O)C3CC3)cc2)ccc1O. The third kappa shape index (κ3) is 4.38. The number of methoxy groups -OCH3 is 1. The first-order valence-electron chi connectivity index (χ1n) is 8.18. The summed E-state index contributed by atoms with van der Waals surface area (Å²) in [5, 5.41) is 16.3. The number of phenolic OH excluding ortho intramolecular Hbond substituents is 1. The first kappa shape index (κ1) is 17.5. The highest BCUT2D eigenvalue weighted by atomic mass is 16.5. The Hall–Kier alpha value is -3.35. The van der Waals surface area contributed by atoms with Gasteiger partial charge in [0.25, 0.3) is 5.91 Å². The van der Waals surface area contributed by atoms with E-state index in [4.69, 9.17) is 4.74 Å². The maximum atomic E-state index is 12.1. The molecule has 1 aliphatic carbocycles. The monoisotopic (exact) mass is 353 g/mol. The van der Waals surface area contributed by atoms with Gasteiger partial charge in [-0.3, -0.25) is 9.59 Å². The van der Waals surface area contributed by atoms with E-state index in [1.165, 1.54) is 19.4 Å². The van der Waals surface area contributed by atoms with Crippen LogP contribution < -0.4 is 15.5 Å². The molecule has 0 saturated heterocycles. The number of amides is 2. The van der Waals surface area contributed by atoms with Crippen LogP contribution in [-0.2, 0) is 4.79 Å². The topological polar surface area (TPSA) is 100 Å². The number of rotatable bonds is 6. The summed E-state index contributed by atoms with van der Waals surface area (Å²) in [7, 11) is 1.45. The third-order valence-electron chi connectivity index (χ3n) is 3.95. The second kappa shape index (κ2) is 7.69. The van der Waals surface area contributed by atoms with Gasteiger partial charge in [0, 0.05) is 17.2 Å². The van der Waals surface area contributed by atoms with E-state index < -0.39 is 0 Å². The van der Waals surface area contributed by atoms with E-state index >= 15 is 0 Å². The van der Waals surface area contributed by atoms with Gasteiger partial charge in [-0.1, -0.05) is 0 Å². The fourth-order valence-corrected chi connectivity index (χ4v) is 2.30. The van der Waals surface area contributed by atoms with E-state index in [-0.39, 0.29) is 23.5 Å². The van der Waals surface area contributed by atoms with Crippen LogP contribution in [0.4, 0.5) is 5.69 Å². The minimum atomic E-state index is -0.368. The quantitative estimate of drug-likeness (QED) is 0.549. The van der Waals surface area contributed by atoms with E-state index in [9.17, 15) is 14.7 Å². The van der Waals surface area contributed by atoms with Crippen LogP contribution in [-0.4, -0.2) is 30.2 Å². The van der Waals surface area contributed by atoms with Crippen molar-refractivity contribution in [2.45, 2.75) is 12.8 Å². The lowest BCUT2D eigenvalue weighted by molar-refractivity contribution is -0.117. The van der Waals surface area contributed by atoms with E-state index in [1.54, 1.807) is 36.4 Å². The summed E-state index contributed by atoms with van der Waals surface area (Å²) in [6, 6.07) is 11.3. The highest BCUT2D eigenvalue weighted by Gasteiger charge is 2.29. The maximum Gasteiger partial charge on any atom is 0.271 e. The van der Waals surface area contributed by atoms with Crippen molar-refractivity contribution in [2.75, 3.05) is 12.4 Å². The molecule has 7 nitrogen and oxygen atoms in total. The van der Waals surface area contributed by atoms with Crippen molar-refractivity contribution in [1.29, 1.82) is 0 Å². The molecular weight excluding hydrogens is 334 g/mol. The predicted octanol–water partition coefficient (Wildman–Crippen LogP) is 2.51. The summed E-state index contributed by atoms with van der Waals surface area (Å²) in [6.45, 7) is 0. The van der Waals surface area contributed by atoms with Gasteiger partial charge in [-0.05, 0) is 60.9 Å². The first-order chi connectivity index (χ1) is 12.6. The molecule has 2 amide bonds. The molecule has 3 rings (SSSR count). The number of hydrazone groups is 1. The third-order valence-corrected chi connectivity index (χ3v) is 3.95. The number of hydrogen-bond acceptors (Lipinski definition) is 5. The summed E-state index contributed by atoms with van der Waals surface area (Å²) in [6.07, 6.45) is 3.33. The number of benzene rings is 2. The summed E-state index contributed by atoms with van der Waals surface area (Å²) < 4.78 is 5.01. The molecule has 0 atom stereocenters. The number of anilines is 1. The number of nitrogens with zero attached hydrogens (tertiary/aromatic N) is 1. The zero-order valence-electron chi connectivity index (χ0n) is 14.2. The molecule has 7 heteroatoms. The largest absolute Gasteiger partial charge is 0.504 e. The lowest BCUT2D eigenvalue weighted by atomic mass is 10.2. The molecule has 0 spiro atoms. The van der Waals surface area contributed by atoms with Gasteiger partial charge in [-0.15, -0.1) is 0 Å². The molecule has 1 fully saturated rings. The molecule has 0 aliphatic heterocycles. The van der Waals surface area contributed by atoms with Crippen molar-refractivity contribution in [3.8, 4) is 11.5 Å². The second-order valence-electron chi connectivity index (χ2n) is 5.97. The molecule has 0 radical (unpaired) electrons. The summed E-state index contributed by atoms with van der Waals surface area (Å²) in [4.78, 5) is 23.8. The van der Waals surface area contributed by atoms with Gasteiger partial charge in [0.05, 0.1) is 13.3 Å². The van der Waals surface area contributed by atoms with Crippen LogP contribution in [0.15, 0.2) is 47.6 Å². The van der Waals surface area contributed by atoms with Gasteiger partial charge >= 0.3 is 0 Å². The molecule has 26 heavy (non-hydrogen) atoms. The van der Waals surface area contributed by atoms with Gasteiger partial charge in [0.15, 0.2) is 11.5 Å². The van der Waals surface area contributed by atoms with Crippen LogP contribution >= 0.6 is 0 Å². The molecular formula is C19H19N3O4. The number of carbonyl (C=O) groups is 2. The molecule has 2 aromatic rings. The van der Waals surface area contributed by atoms with Crippen LogP contribution in [0.25, 0.3) is 0 Å². The predicted molar refractivity (Wildman–Crippen MR) is 97.5 cm³/mol. The highest BCUT2D eigenvalue weighted by molar-refractivity contribution is 5.97. The molecule has 0 unspecified atom stereocenters. The van der Waals surface area contributed by atoms with Gasteiger partial charge < -0.3 is 15.2 Å². The number of carbonyl (C=O) groups excluding carboxylic acids is 2. The van der Waals surface area contributed by atoms with Crippen LogP contribution in [0, 0.1) is 5.92 Å². The minimum absolute atomic E-state index is 0.0242. The van der Waals surface area contributed by atoms with Crippen LogP contribution in [0.1, 0.15) is 28.8 Å². The van der Waals surface area contributed by atoms with Gasteiger partial charge in [0.1, 0.15) is 0 Å². The Morgan fingerprint density at radius 1 is 1.19 bits per heavy atom. The van der Waals surface area contributed by atoms with Crippen LogP contribution in [0.5, 0.6) is 11.5 Å². The lowest BCUT2D eigenvalue weighted by Gasteiger charge is -2.05. The second-order valence-corrected chi connectivity index (χ2v) is 5.97. The molecule has 3 N–H and O–H groups in total. The number of nitrogens with one attached hydrogen (secondary N) is 2. The fourth-order valence-electron chi connectivity index (χ4n) is 2.30. The van der Waals surface area contributed by atoms with E-state index in [0.29, 0.717) is 22.6 Å². The summed E-state index contributed by atoms with van der Waals surface area (Å²) in [5.74, 6) is 0.140.